The topological polar surface area (TPSA) is 0 Å². The Morgan fingerprint density at radius 1 is 0.217 bits per heavy atom. The molecule has 10 rings (SSSR count). The van der Waals surface area contributed by atoms with Gasteiger partial charge in [0.15, 0.2) is 0 Å². The second-order valence-corrected chi connectivity index (χ2v) is 17.1. The van der Waals surface area contributed by atoms with Crippen molar-refractivity contribution in [1.29, 1.82) is 0 Å². The van der Waals surface area contributed by atoms with Crippen LogP contribution in [0.25, 0.3) is 89.7 Å². The highest BCUT2D eigenvalue weighted by atomic mass is 14.1. The van der Waals surface area contributed by atoms with Crippen molar-refractivity contribution in [3.63, 3.8) is 0 Å². The Bertz CT molecular complexity index is 2560. The lowest BCUT2D eigenvalue weighted by atomic mass is 9.93. The zero-order valence-corrected chi connectivity index (χ0v) is 34.5. The number of allylic oxidation sites excluding steroid dienone is 2. The van der Waals surface area contributed by atoms with Gasteiger partial charge < -0.3 is 0 Å². The van der Waals surface area contributed by atoms with Gasteiger partial charge in [0.1, 0.15) is 0 Å². The zero-order valence-electron chi connectivity index (χ0n) is 34.5. The van der Waals surface area contributed by atoms with E-state index in [1.165, 1.54) is 153 Å². The first-order chi connectivity index (χ1) is 29.7. The maximum atomic E-state index is 2.40. The van der Waals surface area contributed by atoms with Gasteiger partial charge in [-0.05, 0) is 152 Å². The van der Waals surface area contributed by atoms with Crippen molar-refractivity contribution in [1.82, 2.24) is 0 Å². The van der Waals surface area contributed by atoms with E-state index in [2.05, 4.69) is 194 Å². The van der Waals surface area contributed by atoms with Crippen molar-refractivity contribution in [2.45, 2.75) is 64.2 Å². The van der Waals surface area contributed by atoms with Crippen LogP contribution in [0.2, 0.25) is 0 Å². The van der Waals surface area contributed by atoms with Gasteiger partial charge in [-0.2, -0.15) is 0 Å². The van der Waals surface area contributed by atoms with Gasteiger partial charge in [0.25, 0.3) is 0 Å². The van der Waals surface area contributed by atoms with Crippen molar-refractivity contribution in [3.8, 4) is 66.8 Å². The minimum Gasteiger partial charge on any atom is -0.0696 e. The fourth-order valence-electron chi connectivity index (χ4n) is 9.34. The Balaban J connectivity index is 0.776. The Kier molecular flexibility index (Phi) is 10.9. The predicted molar refractivity (Wildman–Crippen MR) is 259 cm³/mol. The maximum Gasteiger partial charge on any atom is -0.0177 e. The third-order valence-corrected chi connectivity index (χ3v) is 12.9. The number of hydrogen-bond donors (Lipinski definition) is 0. The lowest BCUT2D eigenvalue weighted by molar-refractivity contribution is 0.602. The third kappa shape index (κ3) is 8.61. The van der Waals surface area contributed by atoms with E-state index in [1.807, 2.05) is 0 Å². The first-order valence-corrected chi connectivity index (χ1v) is 22.2. The number of rotatable bonds is 8. The van der Waals surface area contributed by atoms with Crippen molar-refractivity contribution < 1.29 is 0 Å². The monoisotopic (exact) mass is 772 g/mol. The lowest BCUT2D eigenvalue weighted by Crippen LogP contribution is -1.93. The van der Waals surface area contributed by atoms with Gasteiger partial charge in [-0.1, -0.05) is 206 Å². The summed E-state index contributed by atoms with van der Waals surface area (Å²) in [6, 6.07) is 67.8. The number of hydrogen-bond acceptors (Lipinski definition) is 0. The summed E-state index contributed by atoms with van der Waals surface area (Å²) in [7, 11) is 0. The number of fused-ring (bicyclic) bond motifs is 1. The van der Waals surface area contributed by atoms with Crippen molar-refractivity contribution >= 4 is 22.9 Å². The van der Waals surface area contributed by atoms with Gasteiger partial charge in [0.2, 0.25) is 0 Å². The largest absolute Gasteiger partial charge is 0.0696 e. The molecule has 2 fully saturated rings. The van der Waals surface area contributed by atoms with Crippen LogP contribution in [0.5, 0.6) is 0 Å². The Morgan fingerprint density at radius 2 is 0.433 bits per heavy atom. The van der Waals surface area contributed by atoms with Gasteiger partial charge in [0.05, 0.1) is 0 Å². The highest BCUT2D eigenvalue weighted by molar-refractivity contribution is 5.91. The Labute approximate surface area is 356 Å². The molecule has 0 bridgehead atoms. The van der Waals surface area contributed by atoms with Crippen LogP contribution < -0.4 is 0 Å². The second-order valence-electron chi connectivity index (χ2n) is 17.1. The van der Waals surface area contributed by atoms with Crippen LogP contribution in [0.1, 0.15) is 75.3 Å². The van der Waals surface area contributed by atoms with Gasteiger partial charge in [-0.15, -0.1) is 0 Å². The number of benzene rings is 8. The molecule has 0 N–H and O–H groups in total. The normalized spacial score (nSPS) is 14.3. The minimum atomic E-state index is 1.23. The molecular weight excluding hydrogens is 721 g/mol. The van der Waals surface area contributed by atoms with E-state index < -0.39 is 0 Å². The van der Waals surface area contributed by atoms with Crippen LogP contribution in [0.4, 0.5) is 0 Å². The van der Waals surface area contributed by atoms with Crippen LogP contribution in [-0.4, -0.2) is 0 Å². The van der Waals surface area contributed by atoms with E-state index in [0.717, 1.165) is 0 Å². The Hall–Kier alpha value is -6.50. The summed E-state index contributed by atoms with van der Waals surface area (Å²) in [4.78, 5) is 0. The molecule has 2 aliphatic carbocycles. The van der Waals surface area contributed by atoms with Crippen LogP contribution in [0.15, 0.2) is 193 Å². The van der Waals surface area contributed by atoms with Crippen molar-refractivity contribution in [2.24, 2.45) is 0 Å². The average molecular weight is 773 g/mol. The first kappa shape index (κ1) is 37.7. The molecule has 0 radical (unpaired) electrons. The molecule has 8 aromatic rings. The van der Waals surface area contributed by atoms with Crippen LogP contribution in [0.3, 0.4) is 0 Å². The molecule has 0 aromatic heterocycles. The molecule has 0 saturated heterocycles. The maximum absolute atomic E-state index is 2.40. The van der Waals surface area contributed by atoms with E-state index in [-0.39, 0.29) is 0 Å². The molecule has 0 nitrogen and oxygen atoms in total. The Morgan fingerprint density at radius 3 is 0.700 bits per heavy atom. The fraction of sp³-hybridized carbons (Fsp3) is 0.167. The summed E-state index contributed by atoms with van der Waals surface area (Å²) in [6.45, 7) is 0. The fourth-order valence-corrected chi connectivity index (χ4v) is 9.34. The molecule has 60 heavy (non-hydrogen) atoms. The summed E-state index contributed by atoms with van der Waals surface area (Å²) >= 11 is 0. The molecule has 0 heterocycles. The summed E-state index contributed by atoms with van der Waals surface area (Å²) in [6.07, 6.45) is 18.0. The molecule has 2 aliphatic rings. The van der Waals surface area contributed by atoms with E-state index in [4.69, 9.17) is 0 Å². The van der Waals surface area contributed by atoms with Gasteiger partial charge in [-0.3, -0.25) is 0 Å². The van der Waals surface area contributed by atoms with Crippen LogP contribution >= 0.6 is 0 Å². The molecule has 292 valence electrons. The summed E-state index contributed by atoms with van der Waals surface area (Å²) < 4.78 is 0. The summed E-state index contributed by atoms with van der Waals surface area (Å²) in [5.41, 5.74) is 20.8. The molecule has 0 aliphatic heterocycles. The van der Waals surface area contributed by atoms with E-state index in [1.54, 1.807) is 11.1 Å². The molecule has 0 atom stereocenters. The minimum absolute atomic E-state index is 1.23. The molecule has 8 aromatic carbocycles. The quantitative estimate of drug-likeness (QED) is 0.144. The van der Waals surface area contributed by atoms with Crippen molar-refractivity contribution in [3.05, 3.63) is 204 Å². The average Bonchev–Trinajstić information content (AvgIpc) is 3.33. The highest BCUT2D eigenvalue weighted by Crippen LogP contribution is 2.34. The lowest BCUT2D eigenvalue weighted by Gasteiger charge is -2.13. The third-order valence-electron chi connectivity index (χ3n) is 12.9. The molecule has 0 spiro atoms. The molecule has 0 amide bonds. The standard InChI is InChI=1S/C60H52/c1-3-7-43(8-4-1)39-45-11-15-47(16-12-45)49-19-23-51(24-20-49)53-27-31-55(32-28-53)57-35-37-60-42-58(36-38-59(60)41-57)56-33-29-54(30-34-56)52-25-21-50(22-26-52)48-17-13-46(14-18-48)40-44-9-5-2-6-10-44/h11-42H,1-10H2. The van der Waals surface area contributed by atoms with Crippen molar-refractivity contribution in [2.75, 3.05) is 0 Å². The molecular formula is C60H52. The first-order valence-electron chi connectivity index (χ1n) is 22.2. The summed E-state index contributed by atoms with van der Waals surface area (Å²) in [5, 5.41) is 2.50. The smallest absolute Gasteiger partial charge is 0.0177 e. The predicted octanol–water partition coefficient (Wildman–Crippen LogP) is 17.5. The summed E-state index contributed by atoms with van der Waals surface area (Å²) in [5.74, 6) is 0. The molecule has 2 saturated carbocycles. The van der Waals surface area contributed by atoms with Gasteiger partial charge in [-0.25, -0.2) is 0 Å². The van der Waals surface area contributed by atoms with Crippen LogP contribution in [0, 0.1) is 0 Å². The molecule has 0 heteroatoms. The zero-order chi connectivity index (χ0) is 40.1. The van der Waals surface area contributed by atoms with E-state index >= 15 is 0 Å². The highest BCUT2D eigenvalue weighted by Gasteiger charge is 2.09. The molecule has 0 unspecified atom stereocenters. The van der Waals surface area contributed by atoms with Gasteiger partial charge >= 0.3 is 0 Å². The van der Waals surface area contributed by atoms with E-state index in [9.17, 15) is 0 Å². The SMILES string of the molecule is C(=C1CCCCC1)c1ccc(-c2ccc(-c3ccc(-c4ccc5cc(-c6ccc(-c7ccc(-c8ccc(C=C9CCCCC9)cc8)cc7)cc6)ccc5c4)cc3)cc2)cc1. The van der Waals surface area contributed by atoms with E-state index in [0.29, 0.717) is 0 Å². The van der Waals surface area contributed by atoms with Crippen LogP contribution in [-0.2, 0) is 0 Å². The van der Waals surface area contributed by atoms with Gasteiger partial charge in [0, 0.05) is 0 Å². The second kappa shape index (κ2) is 17.4.